The fourth-order valence-corrected chi connectivity index (χ4v) is 2.28. The molecule has 142 valence electrons. The number of hydrogen-bond donors (Lipinski definition) is 4. The van der Waals surface area contributed by atoms with E-state index < -0.39 is 34.9 Å². The van der Waals surface area contributed by atoms with Gasteiger partial charge in [0.2, 0.25) is 0 Å². The van der Waals surface area contributed by atoms with Crippen LogP contribution in [-0.2, 0) is 0 Å². The lowest BCUT2D eigenvalue weighted by atomic mass is 9.97. The largest absolute Gasteiger partial charge is 0.478 e. The molecule has 1 aromatic rings. The summed E-state index contributed by atoms with van der Waals surface area (Å²) in [5.41, 5.74) is -1.39. The molecule has 0 heterocycles. The number of aromatic carboxylic acids is 2. The lowest BCUT2D eigenvalue weighted by molar-refractivity contribution is 0.0687. The van der Waals surface area contributed by atoms with Gasteiger partial charge in [-0.3, -0.25) is 9.59 Å². The van der Waals surface area contributed by atoms with Crippen LogP contribution in [0.3, 0.4) is 0 Å². The van der Waals surface area contributed by atoms with Crippen LogP contribution >= 0.6 is 0 Å². The molecule has 8 heteroatoms. The fraction of sp³-hybridized carbons (Fsp3) is 0.444. The number of unbranched alkanes of at least 4 members (excludes halogenated alkanes) is 2. The Labute approximate surface area is 151 Å². The number of nitrogens with one attached hydrogen (secondary N) is 2. The third kappa shape index (κ3) is 5.58. The van der Waals surface area contributed by atoms with E-state index in [2.05, 4.69) is 10.6 Å². The van der Waals surface area contributed by atoms with Gasteiger partial charge in [0.05, 0.1) is 22.3 Å². The number of carbonyl (C=O) groups excluding carboxylic acids is 2. The molecule has 0 aliphatic rings. The molecule has 0 saturated heterocycles. The van der Waals surface area contributed by atoms with Gasteiger partial charge in [-0.1, -0.05) is 26.7 Å². The third-order valence-corrected chi connectivity index (χ3v) is 3.74. The van der Waals surface area contributed by atoms with Crippen molar-refractivity contribution in [1.82, 2.24) is 10.6 Å². The summed E-state index contributed by atoms with van der Waals surface area (Å²) in [4.78, 5) is 47.5. The number of hydrogen-bond acceptors (Lipinski definition) is 4. The molecule has 1 rings (SSSR count). The summed E-state index contributed by atoms with van der Waals surface area (Å²) in [7, 11) is 0. The van der Waals surface area contributed by atoms with Crippen molar-refractivity contribution < 1.29 is 29.4 Å². The highest BCUT2D eigenvalue weighted by Crippen LogP contribution is 2.19. The van der Waals surface area contributed by atoms with Gasteiger partial charge in [0.1, 0.15) is 0 Å². The first-order valence-electron chi connectivity index (χ1n) is 8.54. The smallest absolute Gasteiger partial charge is 0.336 e. The van der Waals surface area contributed by atoms with Crippen LogP contribution in [-0.4, -0.2) is 47.1 Å². The Hall–Kier alpha value is -2.90. The van der Waals surface area contributed by atoms with Crippen LogP contribution in [0.1, 0.15) is 81.0 Å². The number of benzene rings is 1. The first kappa shape index (κ1) is 21.1. The quantitative estimate of drug-likeness (QED) is 0.470. The van der Waals surface area contributed by atoms with Crippen LogP contribution in [0.15, 0.2) is 12.1 Å². The van der Waals surface area contributed by atoms with Gasteiger partial charge in [-0.05, 0) is 25.0 Å². The van der Waals surface area contributed by atoms with Crippen molar-refractivity contribution in [3.8, 4) is 0 Å². The van der Waals surface area contributed by atoms with E-state index in [1.165, 1.54) is 0 Å². The molecule has 2 amide bonds. The molecule has 0 aliphatic heterocycles. The summed E-state index contributed by atoms with van der Waals surface area (Å²) < 4.78 is 0. The molecule has 0 atom stereocenters. The monoisotopic (exact) mass is 364 g/mol. The molecule has 0 radical (unpaired) electrons. The Balaban J connectivity index is 3.32. The van der Waals surface area contributed by atoms with Crippen LogP contribution in [0.2, 0.25) is 0 Å². The van der Waals surface area contributed by atoms with Crippen molar-refractivity contribution in [2.45, 2.75) is 39.5 Å². The maximum atomic E-state index is 12.3. The van der Waals surface area contributed by atoms with E-state index in [0.29, 0.717) is 25.9 Å². The molecule has 1 aromatic carbocycles. The zero-order valence-corrected chi connectivity index (χ0v) is 14.9. The van der Waals surface area contributed by atoms with Crippen molar-refractivity contribution in [3.63, 3.8) is 0 Å². The Morgan fingerprint density at radius 3 is 1.38 bits per heavy atom. The van der Waals surface area contributed by atoms with Gasteiger partial charge in [-0.25, -0.2) is 9.59 Å². The third-order valence-electron chi connectivity index (χ3n) is 3.74. The van der Waals surface area contributed by atoms with E-state index in [0.717, 1.165) is 25.0 Å². The number of carbonyl (C=O) groups is 4. The average Bonchev–Trinajstić information content (AvgIpc) is 2.60. The Morgan fingerprint density at radius 1 is 0.731 bits per heavy atom. The minimum atomic E-state index is -1.44. The molecule has 26 heavy (non-hydrogen) atoms. The molecule has 0 aromatic heterocycles. The van der Waals surface area contributed by atoms with Gasteiger partial charge >= 0.3 is 11.9 Å². The zero-order chi connectivity index (χ0) is 19.7. The second-order valence-electron chi connectivity index (χ2n) is 5.77. The standard InChI is InChI=1S/C18H24N2O6/c1-3-5-7-19-15(21)11-9-12(16(22)20-8-6-4-2)14(18(25)26)10-13(11)17(23)24/h9-10H,3-8H2,1-2H3,(H,19,21)(H,20,22)(H,23,24)(H,25,26). The Kier molecular flexibility index (Phi) is 8.27. The second-order valence-corrected chi connectivity index (χ2v) is 5.77. The lowest BCUT2D eigenvalue weighted by Crippen LogP contribution is -2.30. The van der Waals surface area contributed by atoms with Crippen molar-refractivity contribution in [2.75, 3.05) is 13.1 Å². The maximum absolute atomic E-state index is 12.3. The highest BCUT2D eigenvalue weighted by molar-refractivity contribution is 6.11. The zero-order valence-electron chi connectivity index (χ0n) is 14.9. The van der Waals surface area contributed by atoms with E-state index in [-0.39, 0.29) is 11.1 Å². The normalized spacial score (nSPS) is 10.2. The predicted octanol–water partition coefficient (Wildman–Crippen LogP) is 2.14. The van der Waals surface area contributed by atoms with Gasteiger partial charge in [0, 0.05) is 13.1 Å². The van der Waals surface area contributed by atoms with E-state index in [9.17, 15) is 29.4 Å². The molecule has 0 saturated carbocycles. The summed E-state index contributed by atoms with van der Waals surface area (Å²) in [5.74, 6) is -4.19. The van der Waals surface area contributed by atoms with Crippen molar-refractivity contribution in [1.29, 1.82) is 0 Å². The number of carboxylic acid groups (broad SMARTS) is 2. The molecular weight excluding hydrogens is 340 g/mol. The Morgan fingerprint density at radius 2 is 1.08 bits per heavy atom. The van der Waals surface area contributed by atoms with Gasteiger partial charge in [-0.2, -0.15) is 0 Å². The van der Waals surface area contributed by atoms with E-state index >= 15 is 0 Å². The summed E-state index contributed by atoms with van der Waals surface area (Å²) in [6, 6.07) is 1.89. The molecular formula is C18H24N2O6. The first-order chi connectivity index (χ1) is 12.3. The van der Waals surface area contributed by atoms with Crippen molar-refractivity contribution in [2.24, 2.45) is 0 Å². The minimum Gasteiger partial charge on any atom is -0.478 e. The molecule has 0 fully saturated rings. The number of amides is 2. The van der Waals surface area contributed by atoms with E-state index in [1.807, 2.05) is 13.8 Å². The predicted molar refractivity (Wildman–Crippen MR) is 94.8 cm³/mol. The summed E-state index contributed by atoms with van der Waals surface area (Å²) >= 11 is 0. The van der Waals surface area contributed by atoms with Crippen LogP contribution < -0.4 is 10.6 Å². The molecule has 0 unspecified atom stereocenters. The van der Waals surface area contributed by atoms with Crippen LogP contribution in [0.4, 0.5) is 0 Å². The van der Waals surface area contributed by atoms with E-state index in [1.54, 1.807) is 0 Å². The van der Waals surface area contributed by atoms with Gasteiger partial charge in [0.25, 0.3) is 11.8 Å². The van der Waals surface area contributed by atoms with Gasteiger partial charge < -0.3 is 20.8 Å². The summed E-state index contributed by atoms with van der Waals surface area (Å²) in [6.07, 6.45) is 3.11. The minimum absolute atomic E-state index is 0.237. The number of rotatable bonds is 10. The van der Waals surface area contributed by atoms with Crippen LogP contribution in [0.5, 0.6) is 0 Å². The first-order valence-corrected chi connectivity index (χ1v) is 8.54. The summed E-state index contributed by atoms with van der Waals surface area (Å²) in [6.45, 7) is 4.59. The maximum Gasteiger partial charge on any atom is 0.336 e. The molecule has 0 bridgehead atoms. The second kappa shape index (κ2) is 10.2. The fourth-order valence-electron chi connectivity index (χ4n) is 2.28. The van der Waals surface area contributed by atoms with Crippen molar-refractivity contribution in [3.05, 3.63) is 34.4 Å². The SMILES string of the molecule is CCCCNC(=O)c1cc(C(=O)NCCCC)c(C(=O)O)cc1C(=O)O. The molecule has 0 aliphatic carbocycles. The highest BCUT2D eigenvalue weighted by Gasteiger charge is 2.25. The van der Waals surface area contributed by atoms with Gasteiger partial charge in [0.15, 0.2) is 0 Å². The molecule has 0 spiro atoms. The topological polar surface area (TPSA) is 133 Å². The van der Waals surface area contributed by atoms with Gasteiger partial charge in [-0.15, -0.1) is 0 Å². The van der Waals surface area contributed by atoms with E-state index in [4.69, 9.17) is 0 Å². The molecule has 4 N–H and O–H groups in total. The average molecular weight is 364 g/mol. The molecule has 8 nitrogen and oxygen atoms in total. The lowest BCUT2D eigenvalue weighted by Gasteiger charge is -2.13. The number of carboxylic acids is 2. The van der Waals surface area contributed by atoms with Crippen LogP contribution in [0.25, 0.3) is 0 Å². The van der Waals surface area contributed by atoms with Crippen LogP contribution in [0, 0.1) is 0 Å². The van der Waals surface area contributed by atoms with Crippen molar-refractivity contribution >= 4 is 23.8 Å². The Bertz CT molecular complexity index is 644. The summed E-state index contributed by atoms with van der Waals surface area (Å²) in [5, 5.41) is 23.8. The highest BCUT2D eigenvalue weighted by atomic mass is 16.4.